The smallest absolute Gasteiger partial charge is 0.0726 e. The predicted molar refractivity (Wildman–Crippen MR) is 227 cm³/mol. The molecule has 0 saturated heterocycles. The summed E-state index contributed by atoms with van der Waals surface area (Å²) in [7, 11) is 0. The van der Waals surface area contributed by atoms with Gasteiger partial charge in [0.2, 0.25) is 0 Å². The van der Waals surface area contributed by atoms with Crippen molar-refractivity contribution in [3.8, 4) is 22.3 Å². The molecular weight excluding hydrogens is 651 g/mol. The average molecular weight is 684 g/mol. The molecule has 0 aliphatic heterocycles. The molecule has 250 valence electrons. The van der Waals surface area contributed by atoms with Crippen molar-refractivity contribution in [2.75, 3.05) is 4.90 Å². The second-order valence-corrected chi connectivity index (χ2v) is 14.8. The second kappa shape index (κ2) is 11.0. The number of anilines is 3. The summed E-state index contributed by atoms with van der Waals surface area (Å²) in [4.78, 5) is 2.51. The SMILES string of the molecule is c1ccc2c(c1)-c1ccccc1C21c2ccccc2-c2c(N(c3ccc4ccccc4c3)c3ccc4c5ccccc5c5ccccc5c4c3)cccc21. The highest BCUT2D eigenvalue weighted by molar-refractivity contribution is 6.26. The first-order chi connectivity index (χ1) is 26.8. The van der Waals surface area contributed by atoms with Gasteiger partial charge in [0.15, 0.2) is 0 Å². The van der Waals surface area contributed by atoms with Crippen molar-refractivity contribution < 1.29 is 0 Å². The molecule has 2 aliphatic rings. The van der Waals surface area contributed by atoms with E-state index in [9.17, 15) is 0 Å². The van der Waals surface area contributed by atoms with Crippen LogP contribution in [0.2, 0.25) is 0 Å². The lowest BCUT2D eigenvalue weighted by Gasteiger charge is -2.32. The average Bonchev–Trinajstić information content (AvgIpc) is 3.72. The molecule has 10 aromatic carbocycles. The maximum absolute atomic E-state index is 2.51. The van der Waals surface area contributed by atoms with Gasteiger partial charge in [0, 0.05) is 16.9 Å². The lowest BCUT2D eigenvalue weighted by molar-refractivity contribution is 0.794. The first kappa shape index (κ1) is 29.6. The van der Waals surface area contributed by atoms with E-state index < -0.39 is 5.41 Å². The molecule has 0 bridgehead atoms. The van der Waals surface area contributed by atoms with Gasteiger partial charge in [0.1, 0.15) is 0 Å². The molecule has 0 unspecified atom stereocenters. The summed E-state index contributed by atoms with van der Waals surface area (Å²) in [5.74, 6) is 0. The number of hydrogen-bond donors (Lipinski definition) is 0. The fourth-order valence-electron chi connectivity index (χ4n) is 10.1. The van der Waals surface area contributed by atoms with Crippen LogP contribution in [-0.4, -0.2) is 0 Å². The zero-order chi connectivity index (χ0) is 35.4. The van der Waals surface area contributed by atoms with Gasteiger partial charge < -0.3 is 4.90 Å². The predicted octanol–water partition coefficient (Wildman–Crippen LogP) is 14.1. The van der Waals surface area contributed by atoms with E-state index in [1.807, 2.05) is 0 Å². The summed E-state index contributed by atoms with van der Waals surface area (Å²) >= 11 is 0. The molecule has 0 radical (unpaired) electrons. The van der Waals surface area contributed by atoms with E-state index in [-0.39, 0.29) is 0 Å². The van der Waals surface area contributed by atoms with Crippen LogP contribution in [0, 0.1) is 0 Å². The Labute approximate surface area is 314 Å². The molecule has 12 rings (SSSR count). The molecule has 0 fully saturated rings. The third-order valence-corrected chi connectivity index (χ3v) is 12.2. The maximum atomic E-state index is 2.51. The molecule has 0 N–H and O–H groups in total. The van der Waals surface area contributed by atoms with Gasteiger partial charge in [-0.25, -0.2) is 0 Å². The van der Waals surface area contributed by atoms with E-state index in [1.165, 1.54) is 93.3 Å². The first-order valence-corrected chi connectivity index (χ1v) is 18.9. The zero-order valence-electron chi connectivity index (χ0n) is 29.5. The number of hydrogen-bond acceptors (Lipinski definition) is 1. The fraction of sp³-hybridized carbons (Fsp3) is 0.0189. The molecule has 0 atom stereocenters. The van der Waals surface area contributed by atoms with Crippen LogP contribution < -0.4 is 4.90 Å². The van der Waals surface area contributed by atoms with Crippen LogP contribution in [0.4, 0.5) is 17.1 Å². The molecule has 0 aromatic heterocycles. The van der Waals surface area contributed by atoms with Crippen LogP contribution in [0.15, 0.2) is 200 Å². The highest BCUT2D eigenvalue weighted by Crippen LogP contribution is 2.64. The van der Waals surface area contributed by atoms with Gasteiger partial charge in [-0.1, -0.05) is 170 Å². The summed E-state index contributed by atoms with van der Waals surface area (Å²) in [5.41, 5.74) is 13.7. The molecule has 54 heavy (non-hydrogen) atoms. The van der Waals surface area contributed by atoms with Crippen LogP contribution in [0.25, 0.3) is 65.3 Å². The Morgan fingerprint density at radius 2 is 0.759 bits per heavy atom. The van der Waals surface area contributed by atoms with Crippen LogP contribution in [0.3, 0.4) is 0 Å². The van der Waals surface area contributed by atoms with Crippen molar-refractivity contribution in [1.29, 1.82) is 0 Å². The Bertz CT molecular complexity index is 3110. The van der Waals surface area contributed by atoms with E-state index in [0.717, 1.165) is 11.4 Å². The van der Waals surface area contributed by atoms with Crippen molar-refractivity contribution in [2.45, 2.75) is 5.41 Å². The number of benzene rings is 10. The minimum atomic E-state index is -0.414. The summed E-state index contributed by atoms with van der Waals surface area (Å²) in [6, 6.07) is 74.6. The Morgan fingerprint density at radius 3 is 1.43 bits per heavy atom. The van der Waals surface area contributed by atoms with Gasteiger partial charge in [-0.3, -0.25) is 0 Å². The maximum Gasteiger partial charge on any atom is 0.0726 e. The Morgan fingerprint density at radius 1 is 0.296 bits per heavy atom. The Hall–Kier alpha value is -6.96. The number of fused-ring (bicyclic) bond motifs is 17. The van der Waals surface area contributed by atoms with E-state index in [0.29, 0.717) is 0 Å². The number of rotatable bonds is 3. The van der Waals surface area contributed by atoms with Gasteiger partial charge in [0.25, 0.3) is 0 Å². The van der Waals surface area contributed by atoms with Gasteiger partial charge in [0.05, 0.1) is 11.1 Å². The molecule has 1 nitrogen and oxygen atoms in total. The standard InChI is InChI=1S/C53H33N/c1-2-15-35-32-36(29-28-34(35)14-1)54(37-30-31-42-40-18-4-3-16-38(40)39-17-5-6-19-41(39)46(42)33-37)51-27-13-26-50-52(51)45-22-9-12-25-49(45)53(50)47-23-10-7-20-43(47)44-21-8-11-24-48(44)53/h1-33H. The topological polar surface area (TPSA) is 3.24 Å². The molecular formula is C53H33N. The van der Waals surface area contributed by atoms with Gasteiger partial charge in [-0.2, -0.15) is 0 Å². The van der Waals surface area contributed by atoms with Crippen LogP contribution in [-0.2, 0) is 5.41 Å². The van der Waals surface area contributed by atoms with E-state index >= 15 is 0 Å². The van der Waals surface area contributed by atoms with Crippen LogP contribution in [0.5, 0.6) is 0 Å². The van der Waals surface area contributed by atoms with E-state index in [1.54, 1.807) is 0 Å². The van der Waals surface area contributed by atoms with Gasteiger partial charge >= 0.3 is 0 Å². The van der Waals surface area contributed by atoms with Crippen molar-refractivity contribution in [3.05, 3.63) is 222 Å². The molecule has 1 heteroatoms. The monoisotopic (exact) mass is 683 g/mol. The summed E-state index contributed by atoms with van der Waals surface area (Å²) in [5, 5.41) is 10.1. The molecule has 10 aromatic rings. The highest BCUT2D eigenvalue weighted by atomic mass is 15.1. The molecule has 0 saturated carbocycles. The van der Waals surface area contributed by atoms with E-state index in [2.05, 4.69) is 205 Å². The Balaban J connectivity index is 1.19. The van der Waals surface area contributed by atoms with Crippen molar-refractivity contribution >= 4 is 60.2 Å². The third-order valence-electron chi connectivity index (χ3n) is 12.2. The minimum Gasteiger partial charge on any atom is -0.310 e. The van der Waals surface area contributed by atoms with E-state index in [4.69, 9.17) is 0 Å². The molecule has 0 heterocycles. The second-order valence-electron chi connectivity index (χ2n) is 14.8. The molecule has 0 amide bonds. The summed E-state index contributed by atoms with van der Waals surface area (Å²) < 4.78 is 0. The minimum absolute atomic E-state index is 0.414. The largest absolute Gasteiger partial charge is 0.310 e. The molecule has 2 aliphatic carbocycles. The lowest BCUT2D eigenvalue weighted by atomic mass is 9.70. The van der Waals surface area contributed by atoms with Crippen molar-refractivity contribution in [2.24, 2.45) is 0 Å². The van der Waals surface area contributed by atoms with Crippen LogP contribution in [0.1, 0.15) is 22.3 Å². The lowest BCUT2D eigenvalue weighted by Crippen LogP contribution is -2.26. The van der Waals surface area contributed by atoms with Crippen molar-refractivity contribution in [3.63, 3.8) is 0 Å². The van der Waals surface area contributed by atoms with Crippen LogP contribution >= 0.6 is 0 Å². The quantitative estimate of drug-likeness (QED) is 0.168. The Kier molecular flexibility index (Phi) is 6.04. The third kappa shape index (κ3) is 3.83. The zero-order valence-corrected chi connectivity index (χ0v) is 29.5. The van der Waals surface area contributed by atoms with Crippen molar-refractivity contribution in [1.82, 2.24) is 0 Å². The summed E-state index contributed by atoms with van der Waals surface area (Å²) in [6.45, 7) is 0. The van der Waals surface area contributed by atoms with Gasteiger partial charge in [-0.15, -0.1) is 0 Å². The fourth-order valence-corrected chi connectivity index (χ4v) is 10.1. The normalized spacial score (nSPS) is 13.3. The highest BCUT2D eigenvalue weighted by Gasteiger charge is 2.52. The molecule has 1 spiro atoms. The van der Waals surface area contributed by atoms with Gasteiger partial charge in [-0.05, 0) is 112 Å². The number of nitrogens with zero attached hydrogens (tertiary/aromatic N) is 1. The summed E-state index contributed by atoms with van der Waals surface area (Å²) in [6.07, 6.45) is 0. The first-order valence-electron chi connectivity index (χ1n) is 18.9.